The molecule has 2 aliphatic rings. The lowest BCUT2D eigenvalue weighted by Gasteiger charge is -2.37. The van der Waals surface area contributed by atoms with Gasteiger partial charge in [-0.15, -0.1) is 24.0 Å². The van der Waals surface area contributed by atoms with Crippen molar-refractivity contribution in [2.24, 2.45) is 4.99 Å². The molecule has 0 spiro atoms. The predicted octanol–water partition coefficient (Wildman–Crippen LogP) is 2.09. The second-order valence-electron chi connectivity index (χ2n) is 6.95. The molecule has 0 saturated carbocycles. The van der Waals surface area contributed by atoms with Gasteiger partial charge in [-0.1, -0.05) is 30.3 Å². The van der Waals surface area contributed by atoms with Crippen LogP contribution in [0.25, 0.3) is 0 Å². The average molecular weight is 457 g/mol. The molecule has 2 saturated heterocycles. The maximum Gasteiger partial charge on any atom is 0.193 e. The van der Waals surface area contributed by atoms with E-state index in [-0.39, 0.29) is 24.0 Å². The number of nitrogens with one attached hydrogen (secondary N) is 1. The van der Waals surface area contributed by atoms with Gasteiger partial charge in [-0.05, 0) is 32.0 Å². The van der Waals surface area contributed by atoms with Crippen LogP contribution in [0.3, 0.4) is 0 Å². The van der Waals surface area contributed by atoms with Crippen LogP contribution in [-0.2, 0) is 6.54 Å². The number of nitrogens with zero attached hydrogens (tertiary/aromatic N) is 4. The van der Waals surface area contributed by atoms with Crippen LogP contribution in [0, 0.1) is 0 Å². The van der Waals surface area contributed by atoms with E-state index in [1.807, 2.05) is 7.05 Å². The van der Waals surface area contributed by atoms with Gasteiger partial charge in [0.1, 0.15) is 0 Å². The maximum atomic E-state index is 4.50. The summed E-state index contributed by atoms with van der Waals surface area (Å²) < 4.78 is 0. The van der Waals surface area contributed by atoms with Gasteiger partial charge in [0.25, 0.3) is 0 Å². The third-order valence-corrected chi connectivity index (χ3v) is 5.30. The number of hydrogen-bond acceptors (Lipinski definition) is 3. The minimum Gasteiger partial charge on any atom is -0.355 e. The monoisotopic (exact) mass is 457 g/mol. The summed E-state index contributed by atoms with van der Waals surface area (Å²) in [6.45, 7) is 7.57. The highest BCUT2D eigenvalue weighted by molar-refractivity contribution is 14.0. The summed E-state index contributed by atoms with van der Waals surface area (Å²) >= 11 is 0. The normalized spacial score (nSPS) is 22.7. The molecule has 0 amide bonds. The number of piperazine rings is 1. The quantitative estimate of drug-likeness (QED) is 0.427. The summed E-state index contributed by atoms with van der Waals surface area (Å²) in [5.41, 5.74) is 1.40. The maximum absolute atomic E-state index is 4.50. The Kier molecular flexibility index (Phi) is 8.45. The molecule has 1 aromatic rings. The van der Waals surface area contributed by atoms with Crippen molar-refractivity contribution in [1.82, 2.24) is 20.0 Å². The zero-order valence-corrected chi connectivity index (χ0v) is 17.9. The zero-order chi connectivity index (χ0) is 16.8. The van der Waals surface area contributed by atoms with E-state index in [0.29, 0.717) is 6.04 Å². The standard InChI is InChI=1S/C19H31N5.HI/c1-20-19(21-15-18-9-6-10-22(18)2)24-13-11-23(12-14-24)16-17-7-4-3-5-8-17;/h3-5,7-8,18H,6,9-16H2,1-2H3,(H,20,21);1H. The second-order valence-corrected chi connectivity index (χ2v) is 6.95. The Bertz CT molecular complexity index is 528. The third-order valence-electron chi connectivity index (χ3n) is 5.30. The van der Waals surface area contributed by atoms with Gasteiger partial charge in [-0.25, -0.2) is 0 Å². The van der Waals surface area contributed by atoms with Crippen molar-refractivity contribution in [2.75, 3.05) is 53.4 Å². The molecule has 1 N–H and O–H groups in total. The number of likely N-dealkylation sites (N-methyl/N-ethyl adjacent to an activating group) is 1. The fraction of sp³-hybridized carbons (Fsp3) is 0.632. The first-order chi connectivity index (χ1) is 11.8. The second kappa shape index (κ2) is 10.3. The van der Waals surface area contributed by atoms with Crippen LogP contribution in [0.2, 0.25) is 0 Å². The number of halogens is 1. The van der Waals surface area contributed by atoms with Gasteiger partial charge >= 0.3 is 0 Å². The third kappa shape index (κ3) is 5.82. The lowest BCUT2D eigenvalue weighted by atomic mass is 10.2. The number of rotatable bonds is 4. The minimum absolute atomic E-state index is 0. The average Bonchev–Trinajstić information content (AvgIpc) is 3.03. The van der Waals surface area contributed by atoms with E-state index in [4.69, 9.17) is 0 Å². The van der Waals surface area contributed by atoms with Crippen molar-refractivity contribution in [1.29, 1.82) is 0 Å². The zero-order valence-electron chi connectivity index (χ0n) is 15.5. The Morgan fingerprint density at radius 1 is 1.12 bits per heavy atom. The molecule has 2 heterocycles. The molecule has 6 heteroatoms. The molecule has 140 valence electrons. The topological polar surface area (TPSA) is 34.1 Å². The fourth-order valence-electron chi connectivity index (χ4n) is 3.74. The highest BCUT2D eigenvalue weighted by Gasteiger charge is 2.23. The number of likely N-dealkylation sites (tertiary alicyclic amines) is 1. The van der Waals surface area contributed by atoms with E-state index in [1.165, 1.54) is 24.9 Å². The van der Waals surface area contributed by atoms with Gasteiger partial charge in [0, 0.05) is 52.4 Å². The van der Waals surface area contributed by atoms with Crippen molar-refractivity contribution < 1.29 is 0 Å². The molecular formula is C19H32IN5. The Morgan fingerprint density at radius 3 is 2.44 bits per heavy atom. The molecule has 25 heavy (non-hydrogen) atoms. The lowest BCUT2D eigenvalue weighted by molar-refractivity contribution is 0.172. The molecule has 0 aliphatic carbocycles. The van der Waals surface area contributed by atoms with E-state index in [0.717, 1.165) is 45.2 Å². The van der Waals surface area contributed by atoms with Crippen molar-refractivity contribution in [3.8, 4) is 0 Å². The smallest absolute Gasteiger partial charge is 0.193 e. The summed E-state index contributed by atoms with van der Waals surface area (Å²) in [6, 6.07) is 11.4. The lowest BCUT2D eigenvalue weighted by Crippen LogP contribution is -2.53. The van der Waals surface area contributed by atoms with Crippen molar-refractivity contribution >= 4 is 29.9 Å². The summed E-state index contributed by atoms with van der Waals surface area (Å²) in [6.07, 6.45) is 2.62. The van der Waals surface area contributed by atoms with E-state index < -0.39 is 0 Å². The fourth-order valence-corrected chi connectivity index (χ4v) is 3.74. The van der Waals surface area contributed by atoms with Crippen molar-refractivity contribution in [3.63, 3.8) is 0 Å². The first-order valence-electron chi connectivity index (χ1n) is 9.18. The Balaban J connectivity index is 0.00000225. The van der Waals surface area contributed by atoms with E-state index >= 15 is 0 Å². The SMILES string of the molecule is CN=C(NCC1CCCN1C)N1CCN(Cc2ccccc2)CC1.I. The number of aliphatic imine (C=N–C) groups is 1. The van der Waals surface area contributed by atoms with E-state index in [2.05, 4.69) is 62.4 Å². The first kappa shape index (κ1) is 20.5. The van der Waals surface area contributed by atoms with E-state index in [1.54, 1.807) is 0 Å². The van der Waals surface area contributed by atoms with Gasteiger partial charge in [0.2, 0.25) is 0 Å². The van der Waals surface area contributed by atoms with Crippen LogP contribution in [0.5, 0.6) is 0 Å². The molecule has 2 fully saturated rings. The van der Waals surface area contributed by atoms with Crippen molar-refractivity contribution in [2.45, 2.75) is 25.4 Å². The van der Waals surface area contributed by atoms with Gasteiger partial charge in [0.05, 0.1) is 0 Å². The molecule has 0 radical (unpaired) electrons. The molecule has 0 bridgehead atoms. The van der Waals surface area contributed by atoms with Gasteiger partial charge in [-0.2, -0.15) is 0 Å². The molecule has 2 aliphatic heterocycles. The Hall–Kier alpha value is -0.860. The highest BCUT2D eigenvalue weighted by Crippen LogP contribution is 2.14. The Morgan fingerprint density at radius 2 is 1.84 bits per heavy atom. The van der Waals surface area contributed by atoms with Gasteiger partial charge < -0.3 is 15.1 Å². The predicted molar refractivity (Wildman–Crippen MR) is 116 cm³/mol. The van der Waals surface area contributed by atoms with Gasteiger partial charge in [-0.3, -0.25) is 9.89 Å². The summed E-state index contributed by atoms with van der Waals surface area (Å²) in [4.78, 5) is 11.9. The molecule has 5 nitrogen and oxygen atoms in total. The van der Waals surface area contributed by atoms with Crippen LogP contribution >= 0.6 is 24.0 Å². The summed E-state index contributed by atoms with van der Waals surface area (Å²) in [5.74, 6) is 1.06. The minimum atomic E-state index is 0. The van der Waals surface area contributed by atoms with Crippen LogP contribution in [-0.4, -0.2) is 80.1 Å². The number of benzene rings is 1. The number of hydrogen-bond donors (Lipinski definition) is 1. The first-order valence-corrected chi connectivity index (χ1v) is 9.18. The van der Waals surface area contributed by atoms with Gasteiger partial charge in [0.15, 0.2) is 5.96 Å². The molecule has 3 rings (SSSR count). The molecule has 0 aromatic heterocycles. The van der Waals surface area contributed by atoms with Crippen LogP contribution in [0.1, 0.15) is 18.4 Å². The van der Waals surface area contributed by atoms with Crippen LogP contribution in [0.15, 0.2) is 35.3 Å². The van der Waals surface area contributed by atoms with E-state index in [9.17, 15) is 0 Å². The molecule has 1 unspecified atom stereocenters. The molecule has 1 atom stereocenters. The summed E-state index contributed by atoms with van der Waals surface area (Å²) in [5, 5.41) is 3.59. The Labute approximate surface area is 169 Å². The largest absolute Gasteiger partial charge is 0.355 e. The molecular weight excluding hydrogens is 425 g/mol. The number of guanidine groups is 1. The molecule has 1 aromatic carbocycles. The highest BCUT2D eigenvalue weighted by atomic mass is 127. The van der Waals surface area contributed by atoms with Crippen LogP contribution < -0.4 is 5.32 Å². The van der Waals surface area contributed by atoms with Crippen molar-refractivity contribution in [3.05, 3.63) is 35.9 Å². The summed E-state index contributed by atoms with van der Waals surface area (Å²) in [7, 11) is 4.13. The van der Waals surface area contributed by atoms with Crippen LogP contribution in [0.4, 0.5) is 0 Å².